The minimum Gasteiger partial charge on any atom is -0.345 e. The zero-order valence-electron chi connectivity index (χ0n) is 13.8. The van der Waals surface area contributed by atoms with Gasteiger partial charge in [-0.05, 0) is 24.6 Å². The summed E-state index contributed by atoms with van der Waals surface area (Å²) in [5.41, 5.74) is 2.22. The number of amides is 1. The number of carbonyl (C=O) groups is 2. The Bertz CT molecular complexity index is 877. The van der Waals surface area contributed by atoms with E-state index in [4.69, 9.17) is 0 Å². The van der Waals surface area contributed by atoms with Crippen molar-refractivity contribution in [2.75, 3.05) is 0 Å². The van der Waals surface area contributed by atoms with Crippen LogP contribution in [0.25, 0.3) is 0 Å². The van der Waals surface area contributed by atoms with Crippen LogP contribution in [-0.4, -0.2) is 16.7 Å². The second-order valence-electron chi connectivity index (χ2n) is 5.72. The average Bonchev–Trinajstić information content (AvgIpc) is 2.68. The summed E-state index contributed by atoms with van der Waals surface area (Å²) in [7, 11) is 0. The number of aromatic nitrogens is 1. The Hall–Kier alpha value is -3.27. The van der Waals surface area contributed by atoms with Gasteiger partial charge in [0.05, 0.1) is 11.6 Å². The van der Waals surface area contributed by atoms with E-state index < -0.39 is 0 Å². The zero-order valence-corrected chi connectivity index (χ0v) is 13.8. The van der Waals surface area contributed by atoms with Gasteiger partial charge in [-0.15, -0.1) is 0 Å². The van der Waals surface area contributed by atoms with Gasteiger partial charge in [-0.1, -0.05) is 54.6 Å². The standard InChI is InChI=1S/C21H18N2O2/c1-15(17-10-7-13-22-14-17)23-21(25)19-12-6-5-11-18(19)20(24)16-8-3-2-4-9-16/h2-15H,1H3,(H,23,25). The minimum atomic E-state index is -0.281. The molecule has 1 N–H and O–H groups in total. The number of nitrogens with zero attached hydrogens (tertiary/aromatic N) is 1. The van der Waals surface area contributed by atoms with Crippen molar-refractivity contribution >= 4 is 11.7 Å². The smallest absolute Gasteiger partial charge is 0.252 e. The van der Waals surface area contributed by atoms with Crippen LogP contribution in [0, 0.1) is 0 Å². The molecule has 3 rings (SSSR count). The first-order valence-electron chi connectivity index (χ1n) is 8.06. The molecule has 0 aliphatic rings. The largest absolute Gasteiger partial charge is 0.345 e. The molecule has 0 saturated carbocycles. The zero-order chi connectivity index (χ0) is 17.6. The summed E-state index contributed by atoms with van der Waals surface area (Å²) >= 11 is 0. The highest BCUT2D eigenvalue weighted by atomic mass is 16.2. The van der Waals surface area contributed by atoms with Crippen molar-refractivity contribution in [1.29, 1.82) is 0 Å². The first-order valence-corrected chi connectivity index (χ1v) is 8.06. The molecule has 0 bridgehead atoms. The second-order valence-corrected chi connectivity index (χ2v) is 5.72. The van der Waals surface area contributed by atoms with Crippen LogP contribution in [0.5, 0.6) is 0 Å². The lowest BCUT2D eigenvalue weighted by Gasteiger charge is -2.15. The van der Waals surface area contributed by atoms with Crippen LogP contribution in [0.3, 0.4) is 0 Å². The van der Waals surface area contributed by atoms with Gasteiger partial charge in [-0.2, -0.15) is 0 Å². The SMILES string of the molecule is CC(NC(=O)c1ccccc1C(=O)c1ccccc1)c1cccnc1. The summed E-state index contributed by atoms with van der Waals surface area (Å²) in [6.07, 6.45) is 3.40. The maximum atomic E-state index is 12.7. The number of benzene rings is 2. The molecule has 0 saturated heterocycles. The third kappa shape index (κ3) is 3.80. The Labute approximate surface area is 146 Å². The number of ketones is 1. The number of hydrogen-bond donors (Lipinski definition) is 1. The Morgan fingerprint density at radius 3 is 2.24 bits per heavy atom. The van der Waals surface area contributed by atoms with Gasteiger partial charge in [-0.3, -0.25) is 14.6 Å². The van der Waals surface area contributed by atoms with Crippen LogP contribution >= 0.6 is 0 Å². The Kier molecular flexibility index (Phi) is 5.00. The van der Waals surface area contributed by atoms with Crippen molar-refractivity contribution in [3.63, 3.8) is 0 Å². The maximum Gasteiger partial charge on any atom is 0.252 e. The normalized spacial score (nSPS) is 11.6. The summed E-state index contributed by atoms with van der Waals surface area (Å²) in [4.78, 5) is 29.5. The molecule has 0 aliphatic carbocycles. The van der Waals surface area contributed by atoms with E-state index in [-0.39, 0.29) is 17.7 Å². The highest BCUT2D eigenvalue weighted by molar-refractivity contribution is 6.15. The predicted molar refractivity (Wildman–Crippen MR) is 96.4 cm³/mol. The van der Waals surface area contributed by atoms with Gasteiger partial charge in [0, 0.05) is 23.5 Å². The number of rotatable bonds is 5. The molecule has 0 aliphatic heterocycles. The number of nitrogens with one attached hydrogen (secondary N) is 1. The fourth-order valence-corrected chi connectivity index (χ4v) is 2.61. The van der Waals surface area contributed by atoms with Gasteiger partial charge in [0.15, 0.2) is 5.78 Å². The quantitative estimate of drug-likeness (QED) is 0.724. The highest BCUT2D eigenvalue weighted by Gasteiger charge is 2.19. The van der Waals surface area contributed by atoms with E-state index in [1.165, 1.54) is 0 Å². The molecule has 2 aromatic carbocycles. The van der Waals surface area contributed by atoms with Gasteiger partial charge in [0.1, 0.15) is 0 Å². The van der Waals surface area contributed by atoms with Gasteiger partial charge >= 0.3 is 0 Å². The van der Waals surface area contributed by atoms with Crippen molar-refractivity contribution in [2.45, 2.75) is 13.0 Å². The minimum absolute atomic E-state index is 0.166. The van der Waals surface area contributed by atoms with E-state index in [2.05, 4.69) is 10.3 Å². The Morgan fingerprint density at radius 2 is 1.56 bits per heavy atom. The Morgan fingerprint density at radius 1 is 0.880 bits per heavy atom. The second kappa shape index (κ2) is 7.53. The van der Waals surface area contributed by atoms with E-state index in [0.717, 1.165) is 5.56 Å². The summed E-state index contributed by atoms with van der Waals surface area (Å²) in [6, 6.07) is 19.3. The van der Waals surface area contributed by atoms with Crippen molar-refractivity contribution in [3.8, 4) is 0 Å². The Balaban J connectivity index is 1.85. The molecule has 1 amide bonds. The van der Waals surface area contributed by atoms with Crippen molar-refractivity contribution in [3.05, 3.63) is 101 Å². The first-order chi connectivity index (χ1) is 12.2. The molecule has 124 valence electrons. The summed E-state index contributed by atoms with van der Waals surface area (Å²) < 4.78 is 0. The molecule has 1 unspecified atom stereocenters. The molecule has 1 atom stereocenters. The van der Waals surface area contributed by atoms with Crippen molar-refractivity contribution in [2.24, 2.45) is 0 Å². The van der Waals surface area contributed by atoms with Gasteiger partial charge in [0.25, 0.3) is 5.91 Å². The molecule has 4 nitrogen and oxygen atoms in total. The lowest BCUT2D eigenvalue weighted by molar-refractivity contribution is 0.0929. The maximum absolute atomic E-state index is 12.7. The molecule has 1 aromatic heterocycles. The van der Waals surface area contributed by atoms with Gasteiger partial charge in [-0.25, -0.2) is 0 Å². The summed E-state index contributed by atoms with van der Waals surface area (Å²) in [6.45, 7) is 1.89. The van der Waals surface area contributed by atoms with E-state index >= 15 is 0 Å². The summed E-state index contributed by atoms with van der Waals surface area (Å²) in [5, 5.41) is 2.93. The van der Waals surface area contributed by atoms with E-state index in [9.17, 15) is 9.59 Å². The summed E-state index contributed by atoms with van der Waals surface area (Å²) in [5.74, 6) is -0.448. The number of hydrogen-bond acceptors (Lipinski definition) is 3. The third-order valence-electron chi connectivity index (χ3n) is 3.98. The molecule has 25 heavy (non-hydrogen) atoms. The van der Waals surface area contributed by atoms with E-state index in [0.29, 0.717) is 16.7 Å². The first kappa shape index (κ1) is 16.6. The monoisotopic (exact) mass is 330 g/mol. The van der Waals surface area contributed by atoms with Gasteiger partial charge in [0.2, 0.25) is 0 Å². The molecular formula is C21H18N2O2. The third-order valence-corrected chi connectivity index (χ3v) is 3.98. The van der Waals surface area contributed by atoms with Crippen LogP contribution in [0.1, 0.15) is 44.8 Å². The van der Waals surface area contributed by atoms with Gasteiger partial charge < -0.3 is 5.32 Å². The molecule has 3 aromatic rings. The number of pyridine rings is 1. The average molecular weight is 330 g/mol. The lowest BCUT2D eigenvalue weighted by Crippen LogP contribution is -2.28. The molecule has 1 heterocycles. The molecule has 0 radical (unpaired) electrons. The molecule has 0 spiro atoms. The van der Waals surface area contributed by atoms with E-state index in [1.807, 2.05) is 25.1 Å². The van der Waals surface area contributed by atoms with Crippen molar-refractivity contribution < 1.29 is 9.59 Å². The fraction of sp³-hybridized carbons (Fsp3) is 0.0952. The van der Waals surface area contributed by atoms with Crippen LogP contribution in [0.2, 0.25) is 0 Å². The van der Waals surface area contributed by atoms with Crippen LogP contribution in [0.4, 0.5) is 0 Å². The highest BCUT2D eigenvalue weighted by Crippen LogP contribution is 2.17. The number of carbonyl (C=O) groups excluding carboxylic acids is 2. The topological polar surface area (TPSA) is 59.1 Å². The molecular weight excluding hydrogens is 312 g/mol. The predicted octanol–water partition coefficient (Wildman–Crippen LogP) is 3.80. The molecule has 0 fully saturated rings. The molecule has 4 heteroatoms. The van der Waals surface area contributed by atoms with Crippen molar-refractivity contribution in [1.82, 2.24) is 10.3 Å². The van der Waals surface area contributed by atoms with E-state index in [1.54, 1.807) is 60.9 Å². The van der Waals surface area contributed by atoms with Crippen LogP contribution < -0.4 is 5.32 Å². The van der Waals surface area contributed by atoms with Crippen LogP contribution in [0.15, 0.2) is 79.1 Å². The van der Waals surface area contributed by atoms with Crippen LogP contribution in [-0.2, 0) is 0 Å². The lowest BCUT2D eigenvalue weighted by atomic mass is 9.97. The fourth-order valence-electron chi connectivity index (χ4n) is 2.61.